The highest BCUT2D eigenvalue weighted by atomic mass is 16.5. The molecule has 0 amide bonds. The van der Waals surface area contributed by atoms with Crippen LogP contribution in [0.5, 0.6) is 46.0 Å². The van der Waals surface area contributed by atoms with Crippen LogP contribution in [-0.2, 0) is 0 Å². The van der Waals surface area contributed by atoms with Crippen molar-refractivity contribution in [3.63, 3.8) is 0 Å². The zero-order valence-corrected chi connectivity index (χ0v) is 36.7. The van der Waals surface area contributed by atoms with Crippen LogP contribution in [0.15, 0.2) is 204 Å². The highest BCUT2D eigenvalue weighted by Crippen LogP contribution is 2.57. The SMILES string of the molecule is O=c1c2cc(Oc3ccccc3)c3c4c(Oc5ccccc5)cc5c6c(cc(Oc7ccccc7)c(c7c(Oc8ccccc8)cc(c2c37)c2nc3ccccc3n12)c46)c(=O)n1c2ccccc2nc51. The highest BCUT2D eigenvalue weighted by Gasteiger charge is 2.32. The number of imidazole rings is 2. The van der Waals surface area contributed by atoms with E-state index < -0.39 is 0 Å². The van der Waals surface area contributed by atoms with Gasteiger partial charge in [-0.05, 0) is 97.1 Å². The van der Waals surface area contributed by atoms with Crippen molar-refractivity contribution in [1.29, 1.82) is 0 Å². The van der Waals surface area contributed by atoms with E-state index in [0.717, 1.165) is 0 Å². The first kappa shape index (κ1) is 38.3. The molecule has 0 aliphatic rings. The van der Waals surface area contributed by atoms with E-state index in [0.29, 0.717) is 144 Å². The van der Waals surface area contributed by atoms with E-state index in [1.165, 1.54) is 0 Å². The van der Waals surface area contributed by atoms with Crippen LogP contribution in [0.4, 0.5) is 0 Å². The molecular weight excluding hydrogens is 873 g/mol. The number of hydrogen-bond acceptors (Lipinski definition) is 8. The van der Waals surface area contributed by atoms with Gasteiger partial charge in [0.05, 0.1) is 32.8 Å². The van der Waals surface area contributed by atoms with E-state index in [2.05, 4.69) is 0 Å². The molecule has 0 unspecified atom stereocenters. The number of fused-ring (bicyclic) bond motifs is 10. The van der Waals surface area contributed by atoms with Crippen molar-refractivity contribution < 1.29 is 18.9 Å². The third-order valence-corrected chi connectivity index (χ3v) is 13.5. The molecule has 10 nitrogen and oxygen atoms in total. The fourth-order valence-electron chi connectivity index (χ4n) is 10.7. The number of aromatic nitrogens is 4. The molecule has 0 radical (unpaired) electrons. The van der Waals surface area contributed by atoms with Crippen molar-refractivity contribution in [1.82, 2.24) is 18.8 Å². The van der Waals surface area contributed by atoms with Gasteiger partial charge in [-0.2, -0.15) is 0 Å². The molecule has 0 N–H and O–H groups in total. The van der Waals surface area contributed by atoms with Crippen LogP contribution in [0.3, 0.4) is 0 Å². The Morgan fingerprint density at radius 1 is 0.300 bits per heavy atom. The van der Waals surface area contributed by atoms with Gasteiger partial charge in [-0.1, -0.05) is 97.1 Å². The minimum Gasteiger partial charge on any atom is -0.457 e. The van der Waals surface area contributed by atoms with Gasteiger partial charge in [0.1, 0.15) is 57.3 Å². The molecule has 0 aliphatic heterocycles. The molecule has 0 saturated heterocycles. The maximum Gasteiger partial charge on any atom is 0.264 e. The number of rotatable bonds is 8. The second kappa shape index (κ2) is 14.4. The van der Waals surface area contributed by atoms with Gasteiger partial charge in [0.15, 0.2) is 0 Å². The van der Waals surface area contributed by atoms with E-state index in [1.807, 2.05) is 194 Å². The monoisotopic (exact) mass is 904 g/mol. The van der Waals surface area contributed by atoms with E-state index >= 15 is 9.59 Å². The van der Waals surface area contributed by atoms with Gasteiger partial charge in [-0.25, -0.2) is 9.97 Å². The summed E-state index contributed by atoms with van der Waals surface area (Å²) >= 11 is 0. The summed E-state index contributed by atoms with van der Waals surface area (Å²) in [6.07, 6.45) is 0. The molecule has 0 aliphatic carbocycles. The number of pyridine rings is 2. The van der Waals surface area contributed by atoms with Crippen LogP contribution >= 0.6 is 0 Å². The first-order chi connectivity index (χ1) is 34.6. The quantitative estimate of drug-likeness (QED) is 0.110. The number of benzene rings is 11. The fraction of sp³-hybridized carbons (Fsp3) is 0. The number of ether oxygens (including phenoxy) is 4. The number of hydrogen-bond donors (Lipinski definition) is 0. The predicted octanol–water partition coefficient (Wildman–Crippen LogP) is 14.4. The molecule has 0 bridgehead atoms. The first-order valence-electron chi connectivity index (χ1n) is 22.9. The van der Waals surface area contributed by atoms with Crippen LogP contribution in [0.2, 0.25) is 0 Å². The summed E-state index contributed by atoms with van der Waals surface area (Å²) in [4.78, 5) is 41.2. The summed E-state index contributed by atoms with van der Waals surface area (Å²) in [6.45, 7) is 0. The largest absolute Gasteiger partial charge is 0.457 e. The number of nitrogens with zero attached hydrogens (tertiary/aromatic N) is 4. The molecule has 10 heteroatoms. The molecule has 4 heterocycles. The molecule has 0 atom stereocenters. The fourth-order valence-corrected chi connectivity index (χ4v) is 10.7. The normalized spacial score (nSPS) is 12.1. The van der Waals surface area contributed by atoms with E-state index in [9.17, 15) is 0 Å². The summed E-state index contributed by atoms with van der Waals surface area (Å²) in [5.41, 5.74) is 3.14. The zero-order chi connectivity index (χ0) is 46.2. The van der Waals surface area contributed by atoms with Crippen molar-refractivity contribution in [2.75, 3.05) is 0 Å². The van der Waals surface area contributed by atoms with E-state index in [1.54, 1.807) is 8.80 Å². The molecule has 70 heavy (non-hydrogen) atoms. The third kappa shape index (κ3) is 5.38. The molecule has 0 spiro atoms. The van der Waals surface area contributed by atoms with Crippen LogP contribution < -0.4 is 30.1 Å². The Kier molecular flexibility index (Phi) is 7.86. The lowest BCUT2D eigenvalue weighted by Crippen LogP contribution is -2.15. The Bertz CT molecular complexity index is 4410. The van der Waals surface area contributed by atoms with E-state index in [4.69, 9.17) is 28.9 Å². The topological polar surface area (TPSA) is 106 Å². The van der Waals surface area contributed by atoms with Crippen LogP contribution in [-0.4, -0.2) is 18.8 Å². The van der Waals surface area contributed by atoms with Crippen molar-refractivity contribution in [3.05, 3.63) is 215 Å². The number of para-hydroxylation sites is 8. The lowest BCUT2D eigenvalue weighted by Gasteiger charge is -2.25. The molecule has 15 aromatic rings. The van der Waals surface area contributed by atoms with Gasteiger partial charge < -0.3 is 18.9 Å². The molecule has 4 aromatic heterocycles. The Balaban J connectivity index is 1.26. The lowest BCUT2D eigenvalue weighted by atomic mass is 9.84. The van der Waals surface area contributed by atoms with Gasteiger partial charge in [0.25, 0.3) is 11.1 Å². The smallest absolute Gasteiger partial charge is 0.264 e. The van der Waals surface area contributed by atoms with Crippen molar-refractivity contribution in [3.8, 4) is 46.0 Å². The Labute approximate surface area is 395 Å². The van der Waals surface area contributed by atoms with Gasteiger partial charge >= 0.3 is 0 Å². The first-order valence-corrected chi connectivity index (χ1v) is 22.9. The highest BCUT2D eigenvalue weighted by molar-refractivity contribution is 6.44. The lowest BCUT2D eigenvalue weighted by molar-refractivity contribution is 0.483. The molecule has 0 saturated carbocycles. The molecular formula is C60H32N4O6. The predicted molar refractivity (Wildman–Crippen MR) is 276 cm³/mol. The Morgan fingerprint density at radius 2 is 0.586 bits per heavy atom. The van der Waals surface area contributed by atoms with Gasteiger partial charge in [0, 0.05) is 53.9 Å². The standard InChI is InChI=1S/C60H32N4O6/c65-59-39-32-48(70-36-23-11-4-12-24-36)54-52-46(68-34-19-7-2-8-20-34)30-38-50-40(60(66)64-44-28-16-14-26-42(44)62-58(38)64)31-47(69-35-21-9-3-10-22-35)53(56(50)52)51-45(67-33-17-5-1-6-18-33)29-37(49(39)55(51)54)57-61-41-25-13-15-27-43(41)63(57)59/h1-32H. The molecule has 328 valence electrons. The second-order valence-corrected chi connectivity index (χ2v) is 17.5. The third-order valence-electron chi connectivity index (χ3n) is 13.5. The van der Waals surface area contributed by atoms with Gasteiger partial charge in [0.2, 0.25) is 0 Å². The van der Waals surface area contributed by atoms with Crippen molar-refractivity contribution in [2.45, 2.75) is 0 Å². The molecule has 0 fully saturated rings. The Hall–Kier alpha value is -9.80. The minimum absolute atomic E-state index is 0.259. The van der Waals surface area contributed by atoms with E-state index in [-0.39, 0.29) is 11.1 Å². The summed E-state index contributed by atoms with van der Waals surface area (Å²) in [7, 11) is 0. The second-order valence-electron chi connectivity index (χ2n) is 17.5. The summed E-state index contributed by atoms with van der Waals surface area (Å²) < 4.78 is 31.8. The summed E-state index contributed by atoms with van der Waals surface area (Å²) in [5.74, 6) is 3.99. The maximum absolute atomic E-state index is 15.4. The van der Waals surface area contributed by atoms with Gasteiger partial charge in [-0.3, -0.25) is 18.4 Å². The van der Waals surface area contributed by atoms with Gasteiger partial charge in [-0.15, -0.1) is 0 Å². The molecule has 15 rings (SSSR count). The minimum atomic E-state index is -0.259. The van der Waals surface area contributed by atoms with Crippen LogP contribution in [0.1, 0.15) is 0 Å². The van der Waals surface area contributed by atoms with Crippen LogP contribution in [0, 0.1) is 0 Å². The summed E-state index contributed by atoms with van der Waals surface area (Å²) in [6, 6.07) is 61.2. The van der Waals surface area contributed by atoms with Crippen molar-refractivity contribution >= 4 is 98.0 Å². The average Bonchev–Trinajstić information content (AvgIpc) is 3.99. The summed E-state index contributed by atoms with van der Waals surface area (Å²) in [5, 5.41) is 7.39. The zero-order valence-electron chi connectivity index (χ0n) is 36.7. The molecule has 11 aromatic carbocycles. The van der Waals surface area contributed by atoms with Crippen molar-refractivity contribution in [2.24, 2.45) is 0 Å². The van der Waals surface area contributed by atoms with Crippen LogP contribution in [0.25, 0.3) is 98.0 Å². The Morgan fingerprint density at radius 3 is 0.914 bits per heavy atom. The average molecular weight is 905 g/mol. The maximum atomic E-state index is 15.4.